The SMILES string of the molecule is COC(=O)c1cc(Cl)cc([C@H]2[C@H](C(=O)NC3CCCCC3)NC3(CCC(C)(C)CC3)[C@@]23C(=O)Nc2cc(Cl)ccc23)c1. The van der Waals surface area contributed by atoms with E-state index in [-0.39, 0.29) is 28.8 Å². The number of carbonyl (C=O) groups excluding carboxylic acids is 3. The first-order valence-electron chi connectivity index (χ1n) is 15.1. The number of nitrogens with one attached hydrogen (secondary N) is 3. The van der Waals surface area contributed by atoms with Crippen LogP contribution < -0.4 is 16.0 Å². The van der Waals surface area contributed by atoms with E-state index in [1.165, 1.54) is 13.5 Å². The second-order valence-electron chi connectivity index (χ2n) is 13.4. The number of anilines is 1. The molecule has 2 aliphatic carbocycles. The molecular formula is C33H39Cl2N3O4. The van der Waals surface area contributed by atoms with E-state index in [9.17, 15) is 14.4 Å². The normalized spacial score (nSPS) is 28.0. The molecule has 42 heavy (non-hydrogen) atoms. The van der Waals surface area contributed by atoms with Crippen molar-refractivity contribution in [3.63, 3.8) is 0 Å². The van der Waals surface area contributed by atoms with Crippen molar-refractivity contribution in [3.05, 3.63) is 63.1 Å². The molecule has 2 spiro atoms. The number of halogens is 2. The lowest BCUT2D eigenvalue weighted by Crippen LogP contribution is -2.61. The van der Waals surface area contributed by atoms with Gasteiger partial charge >= 0.3 is 5.97 Å². The molecule has 2 aliphatic heterocycles. The monoisotopic (exact) mass is 611 g/mol. The molecule has 2 aromatic carbocycles. The van der Waals surface area contributed by atoms with Gasteiger partial charge < -0.3 is 15.4 Å². The maximum atomic E-state index is 14.7. The molecule has 2 aromatic rings. The van der Waals surface area contributed by atoms with Crippen molar-refractivity contribution >= 4 is 46.7 Å². The van der Waals surface area contributed by atoms with Crippen molar-refractivity contribution in [2.45, 2.75) is 101 Å². The molecule has 0 aromatic heterocycles. The third-order valence-electron chi connectivity index (χ3n) is 10.4. The molecule has 2 amide bonds. The first-order valence-corrected chi connectivity index (χ1v) is 15.8. The van der Waals surface area contributed by atoms with Crippen molar-refractivity contribution in [2.24, 2.45) is 5.41 Å². The van der Waals surface area contributed by atoms with Gasteiger partial charge in [0, 0.05) is 33.2 Å². The average Bonchev–Trinajstić information content (AvgIpc) is 3.42. The van der Waals surface area contributed by atoms with Crippen LogP contribution in [0.3, 0.4) is 0 Å². The maximum Gasteiger partial charge on any atom is 0.337 e. The summed E-state index contributed by atoms with van der Waals surface area (Å²) >= 11 is 13.0. The van der Waals surface area contributed by atoms with Crippen LogP contribution in [0.15, 0.2) is 36.4 Å². The number of rotatable bonds is 4. The Hall–Kier alpha value is -2.61. The summed E-state index contributed by atoms with van der Waals surface area (Å²) in [7, 11) is 1.32. The first-order chi connectivity index (χ1) is 20.0. The fourth-order valence-electron chi connectivity index (χ4n) is 8.25. The predicted molar refractivity (Wildman–Crippen MR) is 164 cm³/mol. The summed E-state index contributed by atoms with van der Waals surface area (Å²) in [6.45, 7) is 4.52. The predicted octanol–water partition coefficient (Wildman–Crippen LogP) is 6.51. The summed E-state index contributed by atoms with van der Waals surface area (Å²) in [5, 5.41) is 11.2. The summed E-state index contributed by atoms with van der Waals surface area (Å²) in [6.07, 6.45) is 8.45. The van der Waals surface area contributed by atoms with E-state index in [2.05, 4.69) is 29.8 Å². The van der Waals surface area contributed by atoms with E-state index in [1.54, 1.807) is 24.3 Å². The van der Waals surface area contributed by atoms with Gasteiger partial charge in [-0.15, -0.1) is 0 Å². The van der Waals surface area contributed by atoms with Crippen molar-refractivity contribution in [2.75, 3.05) is 12.4 Å². The van der Waals surface area contributed by atoms with Crippen LogP contribution in [0.1, 0.15) is 99.0 Å². The molecule has 3 fully saturated rings. The number of amides is 2. The number of benzene rings is 2. The number of fused-ring (bicyclic) bond motifs is 3. The Morgan fingerprint density at radius 2 is 1.67 bits per heavy atom. The number of ether oxygens (including phenoxy) is 1. The second-order valence-corrected chi connectivity index (χ2v) is 14.3. The van der Waals surface area contributed by atoms with Crippen LogP contribution in [-0.2, 0) is 19.7 Å². The minimum atomic E-state index is -1.14. The summed E-state index contributed by atoms with van der Waals surface area (Å²) < 4.78 is 5.04. The van der Waals surface area contributed by atoms with Gasteiger partial charge in [-0.3, -0.25) is 14.9 Å². The van der Waals surface area contributed by atoms with Gasteiger partial charge in [0.1, 0.15) is 5.41 Å². The van der Waals surface area contributed by atoms with E-state index in [0.717, 1.165) is 44.1 Å². The molecule has 0 radical (unpaired) electrons. The number of carbonyl (C=O) groups is 3. The lowest BCUT2D eigenvalue weighted by Gasteiger charge is -2.50. The van der Waals surface area contributed by atoms with Crippen LogP contribution in [0.5, 0.6) is 0 Å². The zero-order valence-electron chi connectivity index (χ0n) is 24.4. The van der Waals surface area contributed by atoms with Gasteiger partial charge in [0.25, 0.3) is 0 Å². The van der Waals surface area contributed by atoms with Crippen LogP contribution in [0.4, 0.5) is 5.69 Å². The van der Waals surface area contributed by atoms with Gasteiger partial charge in [-0.05, 0) is 85.4 Å². The van der Waals surface area contributed by atoms with Crippen LogP contribution in [0.2, 0.25) is 10.0 Å². The van der Waals surface area contributed by atoms with Gasteiger partial charge in [0.2, 0.25) is 11.8 Å². The van der Waals surface area contributed by atoms with Gasteiger partial charge in [-0.25, -0.2) is 4.79 Å². The highest BCUT2D eigenvalue weighted by Gasteiger charge is 2.72. The van der Waals surface area contributed by atoms with E-state index >= 15 is 0 Å². The van der Waals surface area contributed by atoms with E-state index < -0.39 is 28.9 Å². The topological polar surface area (TPSA) is 96.5 Å². The average molecular weight is 613 g/mol. The van der Waals surface area contributed by atoms with Gasteiger partial charge in [-0.1, -0.05) is 62.4 Å². The fourth-order valence-corrected chi connectivity index (χ4v) is 8.67. The third kappa shape index (κ3) is 4.72. The summed E-state index contributed by atoms with van der Waals surface area (Å²) in [5.41, 5.74) is 0.668. The molecule has 3 atom stereocenters. The molecule has 9 heteroatoms. The van der Waals surface area contributed by atoms with Crippen molar-refractivity contribution in [1.29, 1.82) is 0 Å². The highest BCUT2D eigenvalue weighted by molar-refractivity contribution is 6.31. The Labute approximate surface area is 257 Å². The first kappa shape index (κ1) is 29.5. The number of hydrogen-bond donors (Lipinski definition) is 3. The van der Waals surface area contributed by atoms with Crippen LogP contribution in [0.25, 0.3) is 0 Å². The number of methoxy groups -OCH3 is 1. The van der Waals surface area contributed by atoms with Crippen molar-refractivity contribution in [1.82, 2.24) is 10.6 Å². The standard InChI is InChI=1S/C33H39Cl2N3O4/c1-31(2)11-13-32(14-12-31)33(24-10-9-21(34)18-25(24)37-30(33)41)26(19-15-20(29(40)42-3)17-22(35)16-19)27(38-32)28(39)36-23-7-5-4-6-8-23/h9-10,15-18,23,26-27,38H,4-8,11-14H2,1-3H3,(H,36,39)(H,37,41)/t26-,27+,33+/m0/s1. The molecule has 0 bridgehead atoms. The Morgan fingerprint density at radius 1 is 0.952 bits per heavy atom. The van der Waals surface area contributed by atoms with E-state index in [4.69, 9.17) is 27.9 Å². The molecule has 1 saturated heterocycles. The zero-order valence-corrected chi connectivity index (χ0v) is 26.0. The highest BCUT2D eigenvalue weighted by Crippen LogP contribution is 2.63. The van der Waals surface area contributed by atoms with Crippen LogP contribution in [0, 0.1) is 5.41 Å². The van der Waals surface area contributed by atoms with Gasteiger partial charge in [0.05, 0.1) is 18.7 Å². The van der Waals surface area contributed by atoms with Gasteiger partial charge in [-0.2, -0.15) is 0 Å². The lowest BCUT2D eigenvalue weighted by molar-refractivity contribution is -0.125. The molecule has 2 saturated carbocycles. The molecule has 7 nitrogen and oxygen atoms in total. The Bertz CT molecular complexity index is 1430. The Kier molecular flexibility index (Phi) is 7.60. The largest absolute Gasteiger partial charge is 0.465 e. The van der Waals surface area contributed by atoms with E-state index in [1.807, 2.05) is 12.1 Å². The Balaban J connectivity index is 1.57. The molecule has 4 aliphatic rings. The number of hydrogen-bond acceptors (Lipinski definition) is 5. The lowest BCUT2D eigenvalue weighted by atomic mass is 9.53. The minimum absolute atomic E-state index is 0.0972. The summed E-state index contributed by atoms with van der Waals surface area (Å²) in [5.74, 6) is -1.46. The summed E-state index contributed by atoms with van der Waals surface area (Å²) in [4.78, 5) is 41.7. The molecular weight excluding hydrogens is 573 g/mol. The van der Waals surface area contributed by atoms with Crippen molar-refractivity contribution in [3.8, 4) is 0 Å². The molecule has 3 N–H and O–H groups in total. The molecule has 224 valence electrons. The quantitative estimate of drug-likeness (QED) is 0.342. The zero-order chi connectivity index (χ0) is 29.9. The molecule has 2 heterocycles. The van der Waals surface area contributed by atoms with E-state index in [0.29, 0.717) is 34.1 Å². The minimum Gasteiger partial charge on any atom is -0.465 e. The smallest absolute Gasteiger partial charge is 0.337 e. The van der Waals surface area contributed by atoms with Crippen molar-refractivity contribution < 1.29 is 19.1 Å². The molecule has 6 rings (SSSR count). The van der Waals surface area contributed by atoms with Crippen LogP contribution in [-0.4, -0.2) is 42.5 Å². The fraction of sp³-hybridized carbons (Fsp3) is 0.545. The summed E-state index contributed by atoms with van der Waals surface area (Å²) in [6, 6.07) is 9.98. The second kappa shape index (κ2) is 10.8. The van der Waals surface area contributed by atoms with Gasteiger partial charge in [0.15, 0.2) is 0 Å². The maximum absolute atomic E-state index is 14.7. The third-order valence-corrected chi connectivity index (χ3v) is 10.8. The number of esters is 1. The highest BCUT2D eigenvalue weighted by atomic mass is 35.5. The van der Waals surface area contributed by atoms with Crippen LogP contribution >= 0.6 is 23.2 Å². The Morgan fingerprint density at radius 3 is 2.36 bits per heavy atom. The molecule has 0 unspecified atom stereocenters.